The Labute approximate surface area is 202 Å². The first-order valence-electron chi connectivity index (χ1n) is 11.2. The number of nitrogens with zero attached hydrogens (tertiary/aromatic N) is 2. The third kappa shape index (κ3) is 5.04. The van der Waals surface area contributed by atoms with Gasteiger partial charge in [0.15, 0.2) is 11.5 Å². The lowest BCUT2D eigenvalue weighted by Crippen LogP contribution is -2.23. The Kier molecular flexibility index (Phi) is 7.15. The van der Waals surface area contributed by atoms with Crippen molar-refractivity contribution in [2.24, 2.45) is 0 Å². The SMILES string of the molecule is CCOC(=O)c1ncn(-c2ccc(C)cc2)c1C(Cc1ccccc1F)C(=O)c1ccccc1F. The maximum absolute atomic E-state index is 14.7. The van der Waals surface area contributed by atoms with Crippen LogP contribution >= 0.6 is 0 Å². The lowest BCUT2D eigenvalue weighted by molar-refractivity contribution is 0.0518. The van der Waals surface area contributed by atoms with Crippen molar-refractivity contribution < 1.29 is 23.1 Å². The average molecular weight is 475 g/mol. The molecular formula is C28H24F2N2O3. The molecule has 4 aromatic rings. The summed E-state index contributed by atoms with van der Waals surface area (Å²) in [7, 11) is 0. The lowest BCUT2D eigenvalue weighted by atomic mass is 9.87. The molecule has 4 rings (SSSR count). The van der Waals surface area contributed by atoms with Gasteiger partial charge in [-0.25, -0.2) is 18.6 Å². The van der Waals surface area contributed by atoms with Crippen LogP contribution < -0.4 is 0 Å². The Balaban J connectivity index is 1.94. The molecule has 0 aliphatic heterocycles. The number of imidazole rings is 1. The zero-order valence-electron chi connectivity index (χ0n) is 19.4. The highest BCUT2D eigenvalue weighted by molar-refractivity contribution is 6.03. The second-order valence-corrected chi connectivity index (χ2v) is 8.10. The average Bonchev–Trinajstić information content (AvgIpc) is 3.29. The van der Waals surface area contributed by atoms with Crippen LogP contribution in [0, 0.1) is 18.6 Å². The van der Waals surface area contributed by atoms with Crippen LogP contribution in [0.4, 0.5) is 8.78 Å². The third-order valence-corrected chi connectivity index (χ3v) is 5.75. The van der Waals surface area contributed by atoms with E-state index in [2.05, 4.69) is 4.98 Å². The summed E-state index contributed by atoms with van der Waals surface area (Å²) in [6.45, 7) is 3.70. The van der Waals surface area contributed by atoms with Crippen LogP contribution in [0.15, 0.2) is 79.1 Å². The number of ketones is 1. The molecule has 0 N–H and O–H groups in total. The van der Waals surface area contributed by atoms with Crippen molar-refractivity contribution in [3.05, 3.63) is 119 Å². The number of rotatable bonds is 8. The molecule has 0 aliphatic carbocycles. The van der Waals surface area contributed by atoms with Gasteiger partial charge in [0.25, 0.3) is 0 Å². The summed E-state index contributed by atoms with van der Waals surface area (Å²) < 4.78 is 36.2. The molecule has 0 aliphatic rings. The van der Waals surface area contributed by atoms with Crippen molar-refractivity contribution in [1.29, 1.82) is 0 Å². The van der Waals surface area contributed by atoms with Gasteiger partial charge in [-0.15, -0.1) is 0 Å². The molecule has 0 radical (unpaired) electrons. The molecule has 0 amide bonds. The Morgan fingerprint density at radius 1 is 0.943 bits per heavy atom. The Morgan fingerprint density at radius 2 is 1.60 bits per heavy atom. The summed E-state index contributed by atoms with van der Waals surface area (Å²) in [6.07, 6.45) is 1.32. The van der Waals surface area contributed by atoms with E-state index in [-0.39, 0.29) is 35.5 Å². The fourth-order valence-corrected chi connectivity index (χ4v) is 4.00. The highest BCUT2D eigenvalue weighted by atomic mass is 19.1. The van der Waals surface area contributed by atoms with Crippen molar-refractivity contribution in [3.8, 4) is 5.69 Å². The Morgan fingerprint density at radius 3 is 2.26 bits per heavy atom. The van der Waals surface area contributed by atoms with Gasteiger partial charge in [-0.2, -0.15) is 0 Å². The minimum Gasteiger partial charge on any atom is -0.461 e. The topological polar surface area (TPSA) is 61.2 Å². The van der Waals surface area contributed by atoms with E-state index in [1.165, 1.54) is 30.6 Å². The molecule has 1 aromatic heterocycles. The van der Waals surface area contributed by atoms with Crippen LogP contribution in [-0.2, 0) is 11.2 Å². The minimum absolute atomic E-state index is 0.0709. The highest BCUT2D eigenvalue weighted by Crippen LogP contribution is 2.32. The molecule has 5 nitrogen and oxygen atoms in total. The van der Waals surface area contributed by atoms with Gasteiger partial charge >= 0.3 is 5.97 Å². The summed E-state index contributed by atoms with van der Waals surface area (Å²) in [5.41, 5.74) is 1.91. The van der Waals surface area contributed by atoms with Crippen LogP contribution in [0.2, 0.25) is 0 Å². The number of Topliss-reactive ketones (excluding diaryl/α,β-unsaturated/α-hetero) is 1. The minimum atomic E-state index is -1.12. The summed E-state index contributed by atoms with van der Waals surface area (Å²) in [5, 5.41) is 0. The number of esters is 1. The maximum atomic E-state index is 14.7. The molecule has 0 saturated carbocycles. The van der Waals surface area contributed by atoms with Crippen molar-refractivity contribution >= 4 is 11.8 Å². The standard InChI is InChI=1S/C28H24F2N2O3/c1-3-35-28(34)25-26(32(17-31-25)20-14-12-18(2)13-15-20)22(16-19-8-4-6-10-23(19)29)27(33)21-9-5-7-11-24(21)30/h4-15,17,22H,3,16H2,1-2H3. The van der Waals surface area contributed by atoms with Gasteiger partial charge in [0.05, 0.1) is 23.8 Å². The number of aromatic nitrogens is 2. The fourth-order valence-electron chi connectivity index (χ4n) is 4.00. The molecule has 0 spiro atoms. The Bertz CT molecular complexity index is 1360. The van der Waals surface area contributed by atoms with E-state index < -0.39 is 29.3 Å². The number of ether oxygens (including phenoxy) is 1. The monoisotopic (exact) mass is 474 g/mol. The number of aryl methyl sites for hydroxylation is 1. The largest absolute Gasteiger partial charge is 0.461 e. The maximum Gasteiger partial charge on any atom is 0.358 e. The van der Waals surface area contributed by atoms with E-state index >= 15 is 0 Å². The normalized spacial score (nSPS) is 11.8. The predicted molar refractivity (Wildman–Crippen MR) is 128 cm³/mol. The van der Waals surface area contributed by atoms with E-state index in [1.807, 2.05) is 31.2 Å². The van der Waals surface area contributed by atoms with Crippen LogP contribution in [0.25, 0.3) is 5.69 Å². The van der Waals surface area contributed by atoms with Gasteiger partial charge in [-0.3, -0.25) is 4.79 Å². The molecular weight excluding hydrogens is 450 g/mol. The molecule has 7 heteroatoms. The first kappa shape index (κ1) is 24.0. The number of carbonyl (C=O) groups is 2. The number of benzene rings is 3. The summed E-state index contributed by atoms with van der Waals surface area (Å²) in [4.78, 5) is 30.9. The number of halogens is 2. The quantitative estimate of drug-likeness (QED) is 0.238. The fraction of sp³-hybridized carbons (Fsp3) is 0.179. The highest BCUT2D eigenvalue weighted by Gasteiger charge is 2.34. The van der Waals surface area contributed by atoms with Gasteiger partial charge in [0.2, 0.25) is 0 Å². The number of carbonyl (C=O) groups excluding carboxylic acids is 2. The van der Waals surface area contributed by atoms with E-state index in [4.69, 9.17) is 4.74 Å². The number of hydrogen-bond donors (Lipinski definition) is 0. The molecule has 0 bridgehead atoms. The van der Waals surface area contributed by atoms with E-state index in [1.54, 1.807) is 35.8 Å². The lowest BCUT2D eigenvalue weighted by Gasteiger charge is -2.20. The zero-order chi connectivity index (χ0) is 24.9. The predicted octanol–water partition coefficient (Wildman–Crippen LogP) is 5.84. The second-order valence-electron chi connectivity index (χ2n) is 8.10. The molecule has 0 saturated heterocycles. The molecule has 178 valence electrons. The van der Waals surface area contributed by atoms with E-state index in [0.717, 1.165) is 5.56 Å². The van der Waals surface area contributed by atoms with E-state index in [9.17, 15) is 18.4 Å². The van der Waals surface area contributed by atoms with E-state index in [0.29, 0.717) is 5.69 Å². The van der Waals surface area contributed by atoms with Crippen LogP contribution in [0.3, 0.4) is 0 Å². The van der Waals surface area contributed by atoms with Crippen LogP contribution in [0.1, 0.15) is 50.5 Å². The molecule has 35 heavy (non-hydrogen) atoms. The number of hydrogen-bond acceptors (Lipinski definition) is 4. The van der Waals surface area contributed by atoms with Crippen LogP contribution in [-0.4, -0.2) is 27.9 Å². The summed E-state index contributed by atoms with van der Waals surface area (Å²) in [5.74, 6) is -3.63. The Hall–Kier alpha value is -4.13. The van der Waals surface area contributed by atoms with Crippen molar-refractivity contribution in [3.63, 3.8) is 0 Å². The van der Waals surface area contributed by atoms with Crippen LogP contribution in [0.5, 0.6) is 0 Å². The van der Waals surface area contributed by atoms with Gasteiger partial charge in [0.1, 0.15) is 18.0 Å². The van der Waals surface area contributed by atoms with Gasteiger partial charge < -0.3 is 9.30 Å². The molecule has 1 unspecified atom stereocenters. The zero-order valence-corrected chi connectivity index (χ0v) is 19.4. The molecule has 0 fully saturated rings. The third-order valence-electron chi connectivity index (χ3n) is 5.75. The first-order valence-corrected chi connectivity index (χ1v) is 11.2. The molecule has 3 aromatic carbocycles. The smallest absolute Gasteiger partial charge is 0.358 e. The molecule has 1 heterocycles. The van der Waals surface area contributed by atoms with Crippen molar-refractivity contribution in [2.45, 2.75) is 26.2 Å². The van der Waals surface area contributed by atoms with Gasteiger partial charge in [-0.05, 0) is 56.2 Å². The van der Waals surface area contributed by atoms with Crippen molar-refractivity contribution in [1.82, 2.24) is 9.55 Å². The van der Waals surface area contributed by atoms with Gasteiger partial charge in [0, 0.05) is 5.69 Å². The second kappa shape index (κ2) is 10.4. The summed E-state index contributed by atoms with van der Waals surface area (Å²) >= 11 is 0. The van der Waals surface area contributed by atoms with Crippen molar-refractivity contribution in [2.75, 3.05) is 6.61 Å². The van der Waals surface area contributed by atoms with Gasteiger partial charge in [-0.1, -0.05) is 48.0 Å². The summed E-state index contributed by atoms with van der Waals surface area (Å²) in [6, 6.07) is 19.1. The molecule has 1 atom stereocenters. The first-order chi connectivity index (χ1) is 16.9.